The molecule has 0 heterocycles. The van der Waals surface area contributed by atoms with Crippen LogP contribution in [0.15, 0.2) is 42.5 Å². The van der Waals surface area contributed by atoms with Crippen LogP contribution in [0.1, 0.15) is 17.3 Å². The van der Waals surface area contributed by atoms with Crippen molar-refractivity contribution in [2.45, 2.75) is 6.92 Å². The molecule has 98 valence electrons. The number of benzene rings is 2. The molecule has 0 aromatic heterocycles. The van der Waals surface area contributed by atoms with E-state index in [2.05, 4.69) is 0 Å². The molecule has 0 N–H and O–H groups in total. The second-order valence-corrected chi connectivity index (χ2v) is 4.00. The number of methoxy groups -OCH3 is 1. The Bertz CT molecular complexity index is 576. The summed E-state index contributed by atoms with van der Waals surface area (Å²) in [6, 6.07) is 13.1. The Labute approximate surface area is 112 Å². The summed E-state index contributed by atoms with van der Waals surface area (Å²) in [5.74, 6) is 1.44. The fourth-order valence-corrected chi connectivity index (χ4v) is 1.98. The van der Waals surface area contributed by atoms with E-state index >= 15 is 0 Å². The molecular formula is C16H16O3. The number of hydrogen-bond acceptors (Lipinski definition) is 3. The molecule has 2 rings (SSSR count). The van der Waals surface area contributed by atoms with Gasteiger partial charge in [0.05, 0.1) is 13.7 Å². The molecule has 0 aliphatic carbocycles. The maximum absolute atomic E-state index is 11.2. The van der Waals surface area contributed by atoms with E-state index in [0.717, 1.165) is 23.2 Å². The fourth-order valence-electron chi connectivity index (χ4n) is 1.98. The van der Waals surface area contributed by atoms with Crippen LogP contribution < -0.4 is 9.47 Å². The van der Waals surface area contributed by atoms with Crippen LogP contribution in [-0.4, -0.2) is 20.0 Å². The average Bonchev–Trinajstić information content (AvgIpc) is 2.47. The molecule has 0 aliphatic rings. The molecule has 0 saturated carbocycles. The van der Waals surface area contributed by atoms with Gasteiger partial charge in [0.25, 0.3) is 0 Å². The van der Waals surface area contributed by atoms with Crippen molar-refractivity contribution in [3.63, 3.8) is 0 Å². The van der Waals surface area contributed by atoms with Gasteiger partial charge in [0, 0.05) is 11.1 Å². The molecule has 0 saturated heterocycles. The molecule has 3 nitrogen and oxygen atoms in total. The lowest BCUT2D eigenvalue weighted by Gasteiger charge is -2.12. The van der Waals surface area contributed by atoms with Crippen LogP contribution in [0.3, 0.4) is 0 Å². The molecule has 0 fully saturated rings. The summed E-state index contributed by atoms with van der Waals surface area (Å²) in [6.45, 7) is 2.52. The van der Waals surface area contributed by atoms with E-state index in [1.807, 2.05) is 43.3 Å². The quantitative estimate of drug-likeness (QED) is 0.767. The predicted octanol–water partition coefficient (Wildman–Crippen LogP) is 3.57. The van der Waals surface area contributed by atoms with Crippen molar-refractivity contribution in [1.29, 1.82) is 0 Å². The van der Waals surface area contributed by atoms with Crippen molar-refractivity contribution < 1.29 is 14.3 Å². The van der Waals surface area contributed by atoms with Crippen molar-refractivity contribution in [3.05, 3.63) is 48.0 Å². The van der Waals surface area contributed by atoms with Gasteiger partial charge in [-0.1, -0.05) is 18.2 Å². The predicted molar refractivity (Wildman–Crippen MR) is 75.0 cm³/mol. The number of ether oxygens (including phenoxy) is 2. The summed E-state index contributed by atoms with van der Waals surface area (Å²) in [4.78, 5) is 11.2. The first-order chi connectivity index (χ1) is 9.30. The lowest BCUT2D eigenvalue weighted by atomic mass is 9.99. The fraction of sp³-hybridized carbons (Fsp3) is 0.188. The highest BCUT2D eigenvalue weighted by molar-refractivity contribution is 5.89. The van der Waals surface area contributed by atoms with Gasteiger partial charge in [-0.3, -0.25) is 4.79 Å². The monoisotopic (exact) mass is 256 g/mol. The third-order valence-electron chi connectivity index (χ3n) is 2.86. The van der Waals surface area contributed by atoms with Crippen LogP contribution in [0, 0.1) is 0 Å². The number of rotatable bonds is 5. The Morgan fingerprint density at radius 3 is 2.58 bits per heavy atom. The third kappa shape index (κ3) is 2.76. The van der Waals surface area contributed by atoms with Crippen LogP contribution in [0.4, 0.5) is 0 Å². The van der Waals surface area contributed by atoms with Crippen LogP contribution in [0.25, 0.3) is 11.1 Å². The van der Waals surface area contributed by atoms with Crippen molar-refractivity contribution >= 4 is 6.29 Å². The van der Waals surface area contributed by atoms with Gasteiger partial charge in [-0.25, -0.2) is 0 Å². The number of para-hydroxylation sites is 1. The highest BCUT2D eigenvalue weighted by atomic mass is 16.5. The SMILES string of the molecule is CCOc1ccccc1-c1ccc(OC)cc1C=O. The molecule has 0 amide bonds. The smallest absolute Gasteiger partial charge is 0.150 e. The second-order valence-electron chi connectivity index (χ2n) is 4.00. The topological polar surface area (TPSA) is 35.5 Å². The lowest BCUT2D eigenvalue weighted by Crippen LogP contribution is -1.96. The first kappa shape index (κ1) is 13.1. The molecule has 0 bridgehead atoms. The minimum Gasteiger partial charge on any atom is -0.497 e. The first-order valence-electron chi connectivity index (χ1n) is 6.15. The Morgan fingerprint density at radius 2 is 1.89 bits per heavy atom. The van der Waals surface area contributed by atoms with E-state index in [1.165, 1.54) is 0 Å². The normalized spacial score (nSPS) is 10.0. The van der Waals surface area contributed by atoms with E-state index in [9.17, 15) is 4.79 Å². The van der Waals surface area contributed by atoms with Crippen LogP contribution in [0.5, 0.6) is 11.5 Å². The number of carbonyl (C=O) groups is 1. The first-order valence-corrected chi connectivity index (χ1v) is 6.15. The number of aldehydes is 1. The lowest BCUT2D eigenvalue weighted by molar-refractivity contribution is 0.112. The Balaban J connectivity index is 2.55. The molecule has 0 aliphatic heterocycles. The summed E-state index contributed by atoms with van der Waals surface area (Å²) in [7, 11) is 1.58. The van der Waals surface area contributed by atoms with Gasteiger partial charge >= 0.3 is 0 Å². The van der Waals surface area contributed by atoms with Gasteiger partial charge in [-0.15, -0.1) is 0 Å². The van der Waals surface area contributed by atoms with Crippen LogP contribution in [-0.2, 0) is 0 Å². The zero-order valence-corrected chi connectivity index (χ0v) is 11.1. The van der Waals surface area contributed by atoms with Crippen molar-refractivity contribution in [3.8, 4) is 22.6 Å². The highest BCUT2D eigenvalue weighted by Gasteiger charge is 2.10. The average molecular weight is 256 g/mol. The Kier molecular flexibility index (Phi) is 4.18. The molecule has 0 unspecified atom stereocenters. The Morgan fingerprint density at radius 1 is 1.11 bits per heavy atom. The summed E-state index contributed by atoms with van der Waals surface area (Å²) in [5.41, 5.74) is 2.35. The number of hydrogen-bond donors (Lipinski definition) is 0. The minimum absolute atomic E-state index is 0.587. The summed E-state index contributed by atoms with van der Waals surface area (Å²) >= 11 is 0. The zero-order valence-electron chi connectivity index (χ0n) is 11.1. The second kappa shape index (κ2) is 6.05. The van der Waals surface area contributed by atoms with E-state index in [-0.39, 0.29) is 0 Å². The maximum atomic E-state index is 11.2. The minimum atomic E-state index is 0.587. The van der Waals surface area contributed by atoms with Crippen molar-refractivity contribution in [2.75, 3.05) is 13.7 Å². The molecule has 3 heteroatoms. The Hall–Kier alpha value is -2.29. The van der Waals surface area contributed by atoms with E-state index in [1.54, 1.807) is 13.2 Å². The molecule has 0 atom stereocenters. The van der Waals surface area contributed by atoms with Crippen LogP contribution >= 0.6 is 0 Å². The zero-order chi connectivity index (χ0) is 13.7. The molecule has 0 spiro atoms. The van der Waals surface area contributed by atoms with Crippen molar-refractivity contribution in [2.24, 2.45) is 0 Å². The van der Waals surface area contributed by atoms with Crippen molar-refractivity contribution in [1.82, 2.24) is 0 Å². The van der Waals surface area contributed by atoms with Gasteiger partial charge in [0.1, 0.15) is 11.5 Å². The number of carbonyl (C=O) groups excluding carboxylic acids is 1. The molecule has 2 aromatic rings. The standard InChI is InChI=1S/C16H16O3/c1-3-19-16-7-5-4-6-15(16)14-9-8-13(18-2)10-12(14)11-17/h4-11H,3H2,1-2H3. The van der Waals surface area contributed by atoms with Crippen LogP contribution in [0.2, 0.25) is 0 Å². The summed E-state index contributed by atoms with van der Waals surface area (Å²) < 4.78 is 10.7. The largest absolute Gasteiger partial charge is 0.497 e. The van der Waals surface area contributed by atoms with Gasteiger partial charge in [0.15, 0.2) is 6.29 Å². The van der Waals surface area contributed by atoms with Gasteiger partial charge < -0.3 is 9.47 Å². The molecule has 19 heavy (non-hydrogen) atoms. The maximum Gasteiger partial charge on any atom is 0.150 e. The summed E-state index contributed by atoms with van der Waals surface area (Å²) in [5, 5.41) is 0. The van der Waals surface area contributed by atoms with Gasteiger partial charge in [-0.05, 0) is 36.8 Å². The van der Waals surface area contributed by atoms with Gasteiger partial charge in [0.2, 0.25) is 0 Å². The highest BCUT2D eigenvalue weighted by Crippen LogP contribution is 2.33. The summed E-state index contributed by atoms with van der Waals surface area (Å²) in [6.07, 6.45) is 0.834. The molecule has 2 aromatic carbocycles. The molecular weight excluding hydrogens is 240 g/mol. The molecule has 0 radical (unpaired) electrons. The van der Waals surface area contributed by atoms with Gasteiger partial charge in [-0.2, -0.15) is 0 Å². The van der Waals surface area contributed by atoms with E-state index in [4.69, 9.17) is 9.47 Å². The van der Waals surface area contributed by atoms with E-state index in [0.29, 0.717) is 17.9 Å². The van der Waals surface area contributed by atoms with E-state index < -0.39 is 0 Å². The third-order valence-corrected chi connectivity index (χ3v) is 2.86.